The first-order valence-corrected chi connectivity index (χ1v) is 8.66. The van der Waals surface area contributed by atoms with E-state index in [1.54, 1.807) is 0 Å². The summed E-state index contributed by atoms with van der Waals surface area (Å²) in [6.45, 7) is 6.89. The molecule has 1 aliphatic heterocycles. The summed E-state index contributed by atoms with van der Waals surface area (Å²) in [6, 6.07) is 3.98. The zero-order valence-electron chi connectivity index (χ0n) is 13.3. The summed E-state index contributed by atoms with van der Waals surface area (Å²) in [7, 11) is 0. The van der Waals surface area contributed by atoms with Crippen LogP contribution in [0.5, 0.6) is 0 Å². The highest BCUT2D eigenvalue weighted by molar-refractivity contribution is 5.09. The lowest BCUT2D eigenvalue weighted by molar-refractivity contribution is 0.138. The summed E-state index contributed by atoms with van der Waals surface area (Å²) < 4.78 is 0. The van der Waals surface area contributed by atoms with Crippen LogP contribution in [-0.4, -0.2) is 35.6 Å². The number of nitrogens with one attached hydrogen (secondary N) is 1. The molecule has 2 rings (SSSR count). The van der Waals surface area contributed by atoms with Crippen molar-refractivity contribution in [2.45, 2.75) is 89.3 Å². The average Bonchev–Trinajstić information content (AvgIpc) is 3.30. The summed E-state index contributed by atoms with van der Waals surface area (Å²) in [5.41, 5.74) is -0.265. The first kappa shape index (κ1) is 15.8. The zero-order valence-corrected chi connectivity index (χ0v) is 13.3. The van der Waals surface area contributed by atoms with Crippen LogP contribution in [0.4, 0.5) is 0 Å². The maximum atomic E-state index is 9.56. The van der Waals surface area contributed by atoms with Gasteiger partial charge in [-0.1, -0.05) is 20.3 Å². The van der Waals surface area contributed by atoms with Gasteiger partial charge in [0.05, 0.1) is 6.07 Å². The molecule has 0 aromatic carbocycles. The lowest BCUT2D eigenvalue weighted by Crippen LogP contribution is -2.46. The Bertz CT molecular complexity index is 332. The standard InChI is InChI=1S/C17H31N3/c1-3-16-8-5-6-12-20(16)13-7-11-17(4-2,14-18)19-15-9-10-15/h15-16,19H,3-13H2,1-2H3. The SMILES string of the molecule is CCC1CCCCN1CCCC(C#N)(CC)NC1CC1. The van der Waals surface area contributed by atoms with E-state index in [1.807, 2.05) is 0 Å². The van der Waals surface area contributed by atoms with Gasteiger partial charge in [-0.3, -0.25) is 5.32 Å². The van der Waals surface area contributed by atoms with E-state index < -0.39 is 0 Å². The van der Waals surface area contributed by atoms with Crippen molar-refractivity contribution >= 4 is 0 Å². The first-order chi connectivity index (χ1) is 9.73. The lowest BCUT2D eigenvalue weighted by atomic mass is 9.91. The molecule has 0 bridgehead atoms. The van der Waals surface area contributed by atoms with Crippen molar-refractivity contribution in [2.24, 2.45) is 0 Å². The van der Waals surface area contributed by atoms with E-state index in [1.165, 1.54) is 51.6 Å². The van der Waals surface area contributed by atoms with Crippen molar-refractivity contribution in [3.8, 4) is 6.07 Å². The molecule has 2 aliphatic rings. The zero-order chi connectivity index (χ0) is 14.4. The summed E-state index contributed by atoms with van der Waals surface area (Å²) in [4.78, 5) is 2.67. The topological polar surface area (TPSA) is 39.1 Å². The van der Waals surface area contributed by atoms with Gasteiger partial charge in [0.1, 0.15) is 5.54 Å². The second-order valence-corrected chi connectivity index (χ2v) is 6.66. The fourth-order valence-electron chi connectivity index (χ4n) is 3.54. The Kier molecular flexibility index (Phi) is 5.86. The van der Waals surface area contributed by atoms with Crippen molar-refractivity contribution in [1.82, 2.24) is 10.2 Å². The van der Waals surface area contributed by atoms with Crippen molar-refractivity contribution in [2.75, 3.05) is 13.1 Å². The summed E-state index contributed by atoms with van der Waals surface area (Å²) >= 11 is 0. The Balaban J connectivity index is 1.78. The number of likely N-dealkylation sites (tertiary alicyclic amines) is 1. The van der Waals surface area contributed by atoms with E-state index in [0.717, 1.165) is 25.3 Å². The Labute approximate surface area is 124 Å². The van der Waals surface area contributed by atoms with Crippen LogP contribution in [-0.2, 0) is 0 Å². The summed E-state index contributed by atoms with van der Waals surface area (Å²) in [6.07, 6.45) is 11.0. The molecule has 1 heterocycles. The Morgan fingerprint density at radius 2 is 2.05 bits per heavy atom. The smallest absolute Gasteiger partial charge is 0.106 e. The van der Waals surface area contributed by atoms with Crippen LogP contribution in [0.2, 0.25) is 0 Å². The molecular weight excluding hydrogens is 246 g/mol. The van der Waals surface area contributed by atoms with Gasteiger partial charge >= 0.3 is 0 Å². The van der Waals surface area contributed by atoms with E-state index >= 15 is 0 Å². The monoisotopic (exact) mass is 277 g/mol. The molecule has 0 radical (unpaired) electrons. The van der Waals surface area contributed by atoms with Crippen LogP contribution in [0, 0.1) is 11.3 Å². The van der Waals surface area contributed by atoms with Crippen LogP contribution >= 0.6 is 0 Å². The van der Waals surface area contributed by atoms with Gasteiger partial charge in [-0.05, 0) is 64.5 Å². The second kappa shape index (κ2) is 7.43. The molecule has 20 heavy (non-hydrogen) atoms. The van der Waals surface area contributed by atoms with E-state index in [2.05, 4.69) is 30.1 Å². The largest absolute Gasteiger partial charge is 0.300 e. The molecule has 1 aliphatic carbocycles. The molecule has 2 fully saturated rings. The molecule has 1 saturated carbocycles. The maximum Gasteiger partial charge on any atom is 0.106 e. The molecule has 0 aromatic heterocycles. The molecule has 1 N–H and O–H groups in total. The molecule has 3 nitrogen and oxygen atoms in total. The van der Waals surface area contributed by atoms with E-state index in [0.29, 0.717) is 6.04 Å². The van der Waals surface area contributed by atoms with Gasteiger partial charge in [-0.2, -0.15) is 5.26 Å². The molecule has 114 valence electrons. The quantitative estimate of drug-likeness (QED) is 0.738. The van der Waals surface area contributed by atoms with Gasteiger partial charge in [-0.15, -0.1) is 0 Å². The normalized spacial score (nSPS) is 26.9. The highest BCUT2D eigenvalue weighted by atomic mass is 15.2. The third-order valence-electron chi connectivity index (χ3n) is 5.14. The number of rotatable bonds is 8. The van der Waals surface area contributed by atoms with Crippen molar-refractivity contribution < 1.29 is 0 Å². The van der Waals surface area contributed by atoms with Crippen LogP contribution in [0.25, 0.3) is 0 Å². The van der Waals surface area contributed by atoms with E-state index in [-0.39, 0.29) is 5.54 Å². The number of hydrogen-bond donors (Lipinski definition) is 1. The third-order valence-corrected chi connectivity index (χ3v) is 5.14. The molecule has 1 saturated heterocycles. The van der Waals surface area contributed by atoms with E-state index in [4.69, 9.17) is 0 Å². The Hall–Kier alpha value is -0.590. The van der Waals surface area contributed by atoms with Crippen LogP contribution < -0.4 is 5.32 Å². The minimum absolute atomic E-state index is 0.265. The van der Waals surface area contributed by atoms with Crippen LogP contribution in [0.1, 0.15) is 71.6 Å². The molecule has 0 amide bonds. The lowest BCUT2D eigenvalue weighted by Gasteiger charge is -2.36. The number of nitriles is 1. The fourth-order valence-corrected chi connectivity index (χ4v) is 3.54. The fraction of sp³-hybridized carbons (Fsp3) is 0.941. The molecule has 3 heteroatoms. The Morgan fingerprint density at radius 1 is 1.25 bits per heavy atom. The van der Waals surface area contributed by atoms with Gasteiger partial charge < -0.3 is 4.90 Å². The minimum atomic E-state index is -0.265. The molecule has 0 aromatic rings. The van der Waals surface area contributed by atoms with E-state index in [9.17, 15) is 5.26 Å². The van der Waals surface area contributed by atoms with Crippen LogP contribution in [0.3, 0.4) is 0 Å². The highest BCUT2D eigenvalue weighted by Gasteiger charge is 2.34. The van der Waals surface area contributed by atoms with Crippen molar-refractivity contribution in [3.05, 3.63) is 0 Å². The number of hydrogen-bond acceptors (Lipinski definition) is 3. The van der Waals surface area contributed by atoms with Gasteiger partial charge in [0.15, 0.2) is 0 Å². The predicted molar refractivity (Wildman–Crippen MR) is 83.5 cm³/mol. The first-order valence-electron chi connectivity index (χ1n) is 8.66. The Morgan fingerprint density at radius 3 is 2.65 bits per heavy atom. The number of nitrogens with zero attached hydrogens (tertiary/aromatic N) is 2. The van der Waals surface area contributed by atoms with Crippen molar-refractivity contribution in [1.29, 1.82) is 5.26 Å². The van der Waals surface area contributed by atoms with Gasteiger partial charge in [-0.25, -0.2) is 0 Å². The van der Waals surface area contributed by atoms with Gasteiger partial charge in [0, 0.05) is 12.1 Å². The predicted octanol–water partition coefficient (Wildman–Crippen LogP) is 3.46. The average molecular weight is 277 g/mol. The number of piperidine rings is 1. The van der Waals surface area contributed by atoms with Gasteiger partial charge in [0.25, 0.3) is 0 Å². The minimum Gasteiger partial charge on any atom is -0.300 e. The molecule has 0 spiro atoms. The van der Waals surface area contributed by atoms with Gasteiger partial charge in [0.2, 0.25) is 0 Å². The molecule has 2 unspecified atom stereocenters. The molecule has 2 atom stereocenters. The summed E-state index contributed by atoms with van der Waals surface area (Å²) in [5, 5.41) is 13.1. The third kappa shape index (κ3) is 4.20. The van der Waals surface area contributed by atoms with Crippen molar-refractivity contribution in [3.63, 3.8) is 0 Å². The summed E-state index contributed by atoms with van der Waals surface area (Å²) in [5.74, 6) is 0. The maximum absolute atomic E-state index is 9.56. The van der Waals surface area contributed by atoms with Crippen LogP contribution in [0.15, 0.2) is 0 Å². The molecular formula is C17H31N3. The second-order valence-electron chi connectivity index (χ2n) is 6.66. The highest BCUT2D eigenvalue weighted by Crippen LogP contribution is 2.27.